The molecular weight excluding hydrogens is 353 g/mol. The van der Waals surface area contributed by atoms with Gasteiger partial charge in [0.15, 0.2) is 3.79 Å². The van der Waals surface area contributed by atoms with E-state index in [1.165, 1.54) is 3.57 Å². The maximum atomic E-state index is 5.68. The molecule has 0 aliphatic heterocycles. The van der Waals surface area contributed by atoms with Crippen molar-refractivity contribution in [3.63, 3.8) is 0 Å². The summed E-state index contributed by atoms with van der Waals surface area (Å²) in [7, 11) is 0. The fraction of sp³-hybridized carbons (Fsp3) is 0.200. The van der Waals surface area contributed by atoms with E-state index in [9.17, 15) is 0 Å². The van der Waals surface area contributed by atoms with Gasteiger partial charge in [0.2, 0.25) is 0 Å². The quantitative estimate of drug-likeness (QED) is 0.510. The molecule has 0 fully saturated rings. The summed E-state index contributed by atoms with van der Waals surface area (Å²) >= 11 is 19.3. The molecule has 0 spiro atoms. The minimum absolute atomic E-state index is 0.345. The van der Waals surface area contributed by atoms with E-state index in [1.54, 1.807) is 0 Å². The first kappa shape index (κ1) is 12.6. The highest BCUT2D eigenvalue weighted by molar-refractivity contribution is 14.1. The summed E-state index contributed by atoms with van der Waals surface area (Å²) < 4.78 is -0.0897. The maximum absolute atomic E-state index is 5.68. The third kappa shape index (κ3) is 4.39. The number of rotatable bonds is 2. The predicted molar refractivity (Wildman–Crippen MR) is 73.1 cm³/mol. The highest BCUT2D eigenvalue weighted by atomic mass is 127. The van der Waals surface area contributed by atoms with Gasteiger partial charge in [-0.3, -0.25) is 0 Å². The highest BCUT2D eigenvalue weighted by Gasteiger charge is 2.21. The van der Waals surface area contributed by atoms with Gasteiger partial charge >= 0.3 is 0 Å². The Bertz CT molecular complexity index is 324. The second-order valence-corrected chi connectivity index (χ2v) is 6.66. The summed E-state index contributed by atoms with van der Waals surface area (Å²) in [5.74, 6) is 0. The van der Waals surface area contributed by atoms with Crippen LogP contribution in [0.1, 0.15) is 12.0 Å². The lowest BCUT2D eigenvalue weighted by Gasteiger charge is -2.12. The van der Waals surface area contributed by atoms with E-state index in [0.717, 1.165) is 11.1 Å². The number of alkyl halides is 3. The van der Waals surface area contributed by atoms with Crippen molar-refractivity contribution < 1.29 is 0 Å². The van der Waals surface area contributed by atoms with Gasteiger partial charge in [-0.25, -0.2) is 0 Å². The minimum atomic E-state index is -1.26. The van der Waals surface area contributed by atoms with Crippen molar-refractivity contribution in [2.75, 3.05) is 0 Å². The summed E-state index contributed by atoms with van der Waals surface area (Å²) in [6.45, 7) is 3.88. The highest BCUT2D eigenvalue weighted by Crippen LogP contribution is 2.36. The summed E-state index contributed by atoms with van der Waals surface area (Å²) in [5, 5.41) is 0. The van der Waals surface area contributed by atoms with E-state index in [0.29, 0.717) is 6.42 Å². The average Bonchev–Trinajstić information content (AvgIpc) is 2.02. The Morgan fingerprint density at radius 3 is 2.14 bits per heavy atom. The van der Waals surface area contributed by atoms with Crippen molar-refractivity contribution in [3.8, 4) is 0 Å². The molecule has 0 aromatic heterocycles. The Hall–Kier alpha value is 0.560. The summed E-state index contributed by atoms with van der Waals surface area (Å²) in [6, 6.07) is 7.94. The van der Waals surface area contributed by atoms with Crippen LogP contribution in [0.4, 0.5) is 0 Å². The third-order valence-electron chi connectivity index (χ3n) is 1.67. The molecule has 0 saturated heterocycles. The van der Waals surface area contributed by atoms with E-state index >= 15 is 0 Å². The molecule has 1 aromatic carbocycles. The lowest BCUT2D eigenvalue weighted by Crippen LogP contribution is -2.02. The molecule has 14 heavy (non-hydrogen) atoms. The van der Waals surface area contributed by atoms with E-state index in [2.05, 4.69) is 29.2 Å². The molecule has 1 aromatic rings. The van der Waals surface area contributed by atoms with Crippen LogP contribution in [0.25, 0.3) is 5.57 Å². The second-order valence-electron chi connectivity index (χ2n) is 2.90. The van der Waals surface area contributed by atoms with E-state index < -0.39 is 3.79 Å². The first-order valence-electron chi connectivity index (χ1n) is 3.89. The smallest absolute Gasteiger partial charge is 0.0951 e. The van der Waals surface area contributed by atoms with Gasteiger partial charge in [-0.15, -0.1) is 0 Å². The predicted octanol–water partition coefficient (Wildman–Crippen LogP) is 5.06. The number of hydrogen-bond acceptors (Lipinski definition) is 0. The van der Waals surface area contributed by atoms with E-state index in [1.807, 2.05) is 24.3 Å². The molecule has 0 aliphatic carbocycles. The summed E-state index contributed by atoms with van der Waals surface area (Å²) in [4.78, 5) is 0. The average molecular weight is 361 g/mol. The topological polar surface area (TPSA) is 0 Å². The van der Waals surface area contributed by atoms with Crippen LogP contribution in [-0.4, -0.2) is 3.79 Å². The van der Waals surface area contributed by atoms with Crippen LogP contribution in [0.15, 0.2) is 30.8 Å². The molecule has 0 amide bonds. The van der Waals surface area contributed by atoms with Gasteiger partial charge < -0.3 is 0 Å². The van der Waals surface area contributed by atoms with E-state index in [-0.39, 0.29) is 0 Å². The van der Waals surface area contributed by atoms with Crippen molar-refractivity contribution in [1.29, 1.82) is 0 Å². The molecule has 0 saturated carbocycles. The van der Waals surface area contributed by atoms with Gasteiger partial charge in [0, 0.05) is 9.99 Å². The van der Waals surface area contributed by atoms with Gasteiger partial charge in [-0.05, 0) is 45.9 Å². The van der Waals surface area contributed by atoms with Crippen molar-refractivity contribution >= 4 is 63.0 Å². The largest absolute Gasteiger partial charge is 0.194 e. The molecule has 0 unspecified atom stereocenters. The fourth-order valence-corrected chi connectivity index (χ4v) is 1.87. The summed E-state index contributed by atoms with van der Waals surface area (Å²) in [5.41, 5.74) is 1.85. The van der Waals surface area contributed by atoms with Crippen LogP contribution in [0.5, 0.6) is 0 Å². The fourth-order valence-electron chi connectivity index (χ4n) is 1.03. The van der Waals surface area contributed by atoms with Crippen molar-refractivity contribution in [2.45, 2.75) is 10.2 Å². The van der Waals surface area contributed by atoms with Crippen LogP contribution < -0.4 is 0 Å². The molecule has 0 radical (unpaired) electrons. The molecular formula is C10H8Cl3I. The zero-order valence-electron chi connectivity index (χ0n) is 7.24. The van der Waals surface area contributed by atoms with Crippen LogP contribution in [0.2, 0.25) is 0 Å². The molecule has 0 N–H and O–H groups in total. The number of allylic oxidation sites excluding steroid dienone is 1. The Kier molecular flexibility index (Phi) is 4.56. The Morgan fingerprint density at radius 1 is 1.21 bits per heavy atom. The Balaban J connectivity index is 2.76. The molecule has 0 aliphatic rings. The molecule has 4 heteroatoms. The van der Waals surface area contributed by atoms with E-state index in [4.69, 9.17) is 34.8 Å². The molecule has 0 bridgehead atoms. The first-order chi connectivity index (χ1) is 6.38. The monoisotopic (exact) mass is 360 g/mol. The Labute approximate surface area is 112 Å². The number of halogens is 4. The first-order valence-corrected chi connectivity index (χ1v) is 6.10. The lowest BCUT2D eigenvalue weighted by atomic mass is 10.1. The zero-order valence-corrected chi connectivity index (χ0v) is 11.7. The van der Waals surface area contributed by atoms with Gasteiger partial charge in [-0.2, -0.15) is 0 Å². The SMILES string of the molecule is C=C(CC(Cl)(Cl)Cl)c1ccc(I)cc1. The van der Waals surface area contributed by atoms with Crippen LogP contribution in [0, 0.1) is 3.57 Å². The molecule has 1 rings (SSSR count). The van der Waals surface area contributed by atoms with Gasteiger partial charge in [0.25, 0.3) is 0 Å². The summed E-state index contributed by atoms with van der Waals surface area (Å²) in [6.07, 6.45) is 0.345. The van der Waals surface area contributed by atoms with Crippen LogP contribution in [-0.2, 0) is 0 Å². The van der Waals surface area contributed by atoms with Gasteiger partial charge in [0.05, 0.1) is 0 Å². The minimum Gasteiger partial charge on any atom is -0.0951 e. The maximum Gasteiger partial charge on any atom is 0.194 e. The number of benzene rings is 1. The van der Waals surface area contributed by atoms with Crippen LogP contribution >= 0.6 is 57.4 Å². The van der Waals surface area contributed by atoms with Gasteiger partial charge in [-0.1, -0.05) is 53.5 Å². The normalized spacial score (nSPS) is 11.4. The molecule has 76 valence electrons. The standard InChI is InChI=1S/C10H8Cl3I/c1-7(6-10(11,12)13)8-2-4-9(14)5-3-8/h2-5H,1,6H2. The van der Waals surface area contributed by atoms with Gasteiger partial charge in [0.1, 0.15) is 0 Å². The zero-order chi connectivity index (χ0) is 10.8. The molecule has 0 atom stereocenters. The molecule has 0 nitrogen and oxygen atoms in total. The lowest BCUT2D eigenvalue weighted by molar-refractivity contribution is 1.10. The second kappa shape index (κ2) is 5.06. The Morgan fingerprint density at radius 2 is 1.71 bits per heavy atom. The van der Waals surface area contributed by atoms with Crippen molar-refractivity contribution in [2.24, 2.45) is 0 Å². The van der Waals surface area contributed by atoms with Crippen LogP contribution in [0.3, 0.4) is 0 Å². The van der Waals surface area contributed by atoms with Crippen molar-refractivity contribution in [3.05, 3.63) is 40.0 Å². The van der Waals surface area contributed by atoms with Crippen molar-refractivity contribution in [1.82, 2.24) is 0 Å². The third-order valence-corrected chi connectivity index (χ3v) is 2.79. The molecule has 0 heterocycles. The number of hydrogen-bond donors (Lipinski definition) is 0.